The van der Waals surface area contributed by atoms with Crippen molar-refractivity contribution < 1.29 is 9.15 Å². The highest BCUT2D eigenvalue weighted by Gasteiger charge is 2.22. The first-order valence-corrected chi connectivity index (χ1v) is 6.79. The summed E-state index contributed by atoms with van der Waals surface area (Å²) in [6.07, 6.45) is 2.42. The van der Waals surface area contributed by atoms with Gasteiger partial charge in [-0.1, -0.05) is 0 Å². The van der Waals surface area contributed by atoms with Gasteiger partial charge in [0.25, 0.3) is 6.01 Å². The van der Waals surface area contributed by atoms with Gasteiger partial charge in [0, 0.05) is 31.5 Å². The number of anilines is 2. The van der Waals surface area contributed by atoms with Crippen molar-refractivity contribution in [3.63, 3.8) is 0 Å². The molecule has 0 amide bonds. The summed E-state index contributed by atoms with van der Waals surface area (Å²) in [4.78, 5) is 6.68. The SMILES string of the molecule is CCOC1CCN(c2nc3ccc(N)cc3o2)CC1. The number of aromatic nitrogens is 1. The van der Waals surface area contributed by atoms with Crippen LogP contribution in [-0.2, 0) is 4.74 Å². The zero-order valence-corrected chi connectivity index (χ0v) is 11.1. The lowest BCUT2D eigenvalue weighted by atomic mass is 10.1. The van der Waals surface area contributed by atoms with Crippen LogP contribution in [-0.4, -0.2) is 30.8 Å². The molecule has 2 N–H and O–H groups in total. The second kappa shape index (κ2) is 5.09. The van der Waals surface area contributed by atoms with Crippen molar-refractivity contribution in [3.8, 4) is 0 Å². The summed E-state index contributed by atoms with van der Waals surface area (Å²) in [5.74, 6) is 0. The number of rotatable bonds is 3. The second-order valence-electron chi connectivity index (χ2n) is 4.87. The Hall–Kier alpha value is -1.75. The van der Waals surface area contributed by atoms with Gasteiger partial charge in [-0.15, -0.1) is 0 Å². The smallest absolute Gasteiger partial charge is 0.298 e. The minimum atomic E-state index is 0.376. The van der Waals surface area contributed by atoms with Crippen molar-refractivity contribution in [1.29, 1.82) is 0 Å². The van der Waals surface area contributed by atoms with E-state index >= 15 is 0 Å². The Morgan fingerprint density at radius 1 is 1.42 bits per heavy atom. The first-order chi connectivity index (χ1) is 9.26. The van der Waals surface area contributed by atoms with E-state index in [0.29, 0.717) is 17.8 Å². The molecule has 2 aromatic rings. The Morgan fingerprint density at radius 2 is 2.21 bits per heavy atom. The van der Waals surface area contributed by atoms with Crippen LogP contribution in [0.3, 0.4) is 0 Å². The molecule has 1 fully saturated rings. The van der Waals surface area contributed by atoms with E-state index in [9.17, 15) is 0 Å². The Labute approximate surface area is 112 Å². The van der Waals surface area contributed by atoms with Crippen molar-refractivity contribution in [2.24, 2.45) is 0 Å². The molecule has 2 heterocycles. The van der Waals surface area contributed by atoms with Gasteiger partial charge in [0.15, 0.2) is 5.58 Å². The number of piperidine rings is 1. The highest BCUT2D eigenvalue weighted by atomic mass is 16.5. The predicted octanol–water partition coefficient (Wildman–Crippen LogP) is 2.42. The topological polar surface area (TPSA) is 64.5 Å². The van der Waals surface area contributed by atoms with Crippen LogP contribution in [0.25, 0.3) is 11.1 Å². The van der Waals surface area contributed by atoms with E-state index < -0.39 is 0 Å². The summed E-state index contributed by atoms with van der Waals surface area (Å²) in [5, 5.41) is 0. The lowest BCUT2D eigenvalue weighted by molar-refractivity contribution is 0.0453. The maximum absolute atomic E-state index is 5.78. The third kappa shape index (κ3) is 2.51. The van der Waals surface area contributed by atoms with Crippen molar-refractivity contribution in [3.05, 3.63) is 18.2 Å². The lowest BCUT2D eigenvalue weighted by Crippen LogP contribution is -2.37. The Kier molecular flexibility index (Phi) is 3.29. The molecule has 0 unspecified atom stereocenters. The molecule has 19 heavy (non-hydrogen) atoms. The van der Waals surface area contributed by atoms with Gasteiger partial charge in [-0.3, -0.25) is 0 Å². The summed E-state index contributed by atoms with van der Waals surface area (Å²) < 4.78 is 11.4. The van der Waals surface area contributed by atoms with Crippen LogP contribution in [0.2, 0.25) is 0 Å². The molecular weight excluding hydrogens is 242 g/mol. The Morgan fingerprint density at radius 3 is 2.95 bits per heavy atom. The molecule has 3 rings (SSSR count). The first-order valence-electron chi connectivity index (χ1n) is 6.79. The zero-order valence-electron chi connectivity index (χ0n) is 11.1. The van der Waals surface area contributed by atoms with Gasteiger partial charge in [-0.05, 0) is 31.9 Å². The van der Waals surface area contributed by atoms with Crippen molar-refractivity contribution in [2.75, 3.05) is 30.3 Å². The summed E-state index contributed by atoms with van der Waals surface area (Å²) in [6, 6.07) is 6.25. The molecule has 0 aliphatic carbocycles. The van der Waals surface area contributed by atoms with E-state index in [2.05, 4.69) is 9.88 Å². The molecule has 0 bridgehead atoms. The van der Waals surface area contributed by atoms with Crippen LogP contribution in [0.15, 0.2) is 22.6 Å². The van der Waals surface area contributed by atoms with Gasteiger partial charge in [0.2, 0.25) is 0 Å². The number of hydrogen-bond donors (Lipinski definition) is 1. The van der Waals surface area contributed by atoms with Crippen molar-refractivity contribution in [1.82, 2.24) is 4.98 Å². The quantitative estimate of drug-likeness (QED) is 0.860. The van der Waals surface area contributed by atoms with Crippen LogP contribution in [0.5, 0.6) is 0 Å². The van der Waals surface area contributed by atoms with E-state index in [1.807, 2.05) is 25.1 Å². The number of benzene rings is 1. The lowest BCUT2D eigenvalue weighted by Gasteiger charge is -2.30. The number of nitrogens with zero attached hydrogens (tertiary/aromatic N) is 2. The van der Waals surface area contributed by atoms with Gasteiger partial charge in [-0.25, -0.2) is 0 Å². The molecule has 1 aliphatic rings. The van der Waals surface area contributed by atoms with E-state index in [1.54, 1.807) is 0 Å². The standard InChI is InChI=1S/C14H19N3O2/c1-2-18-11-5-7-17(8-6-11)14-16-12-4-3-10(15)9-13(12)19-14/h3-4,9,11H,2,5-8,15H2,1H3. The number of nitrogens with two attached hydrogens (primary N) is 1. The first kappa shape index (κ1) is 12.3. The van der Waals surface area contributed by atoms with Crippen molar-refractivity contribution in [2.45, 2.75) is 25.9 Å². The molecule has 0 spiro atoms. The van der Waals surface area contributed by atoms with Gasteiger partial charge in [-0.2, -0.15) is 4.98 Å². The summed E-state index contributed by atoms with van der Waals surface area (Å²) >= 11 is 0. The molecule has 0 radical (unpaired) electrons. The summed E-state index contributed by atoms with van der Waals surface area (Å²) in [7, 11) is 0. The molecule has 102 valence electrons. The highest BCUT2D eigenvalue weighted by molar-refractivity contribution is 5.78. The van der Waals surface area contributed by atoms with E-state index in [1.165, 1.54) is 0 Å². The summed E-state index contributed by atoms with van der Waals surface area (Å²) in [5.41, 5.74) is 8.05. The fourth-order valence-electron chi connectivity index (χ4n) is 2.51. The minimum absolute atomic E-state index is 0.376. The largest absolute Gasteiger partial charge is 0.423 e. The van der Waals surface area contributed by atoms with E-state index in [0.717, 1.165) is 43.6 Å². The molecule has 1 aliphatic heterocycles. The van der Waals surface area contributed by atoms with Crippen LogP contribution >= 0.6 is 0 Å². The fraction of sp³-hybridized carbons (Fsp3) is 0.500. The van der Waals surface area contributed by atoms with E-state index in [-0.39, 0.29) is 0 Å². The fourth-order valence-corrected chi connectivity index (χ4v) is 2.51. The molecule has 5 heteroatoms. The molecule has 1 saturated heterocycles. The Balaban J connectivity index is 1.74. The molecular formula is C14H19N3O2. The monoisotopic (exact) mass is 261 g/mol. The third-order valence-corrected chi connectivity index (χ3v) is 3.52. The molecule has 0 atom stereocenters. The molecule has 5 nitrogen and oxygen atoms in total. The van der Waals surface area contributed by atoms with Gasteiger partial charge in [0.05, 0.1) is 6.10 Å². The van der Waals surface area contributed by atoms with Gasteiger partial charge < -0.3 is 19.8 Å². The van der Waals surface area contributed by atoms with Gasteiger partial charge >= 0.3 is 0 Å². The molecule has 1 aromatic carbocycles. The average Bonchev–Trinajstić information content (AvgIpc) is 2.83. The number of hydrogen-bond acceptors (Lipinski definition) is 5. The maximum atomic E-state index is 5.78. The predicted molar refractivity (Wildman–Crippen MR) is 75.3 cm³/mol. The summed E-state index contributed by atoms with van der Waals surface area (Å²) in [6.45, 7) is 4.67. The average molecular weight is 261 g/mol. The normalized spacial score (nSPS) is 17.2. The van der Waals surface area contributed by atoms with Crippen LogP contribution in [0.1, 0.15) is 19.8 Å². The molecule has 1 aromatic heterocycles. The number of oxazole rings is 1. The zero-order chi connectivity index (χ0) is 13.2. The van der Waals surface area contributed by atoms with E-state index in [4.69, 9.17) is 14.9 Å². The van der Waals surface area contributed by atoms with Crippen molar-refractivity contribution >= 4 is 22.8 Å². The molecule has 0 saturated carbocycles. The second-order valence-corrected chi connectivity index (χ2v) is 4.87. The van der Waals surface area contributed by atoms with Crippen LogP contribution in [0, 0.1) is 0 Å². The van der Waals surface area contributed by atoms with Gasteiger partial charge in [0.1, 0.15) is 5.52 Å². The van der Waals surface area contributed by atoms with Crippen LogP contribution in [0.4, 0.5) is 11.7 Å². The highest BCUT2D eigenvalue weighted by Crippen LogP contribution is 2.26. The maximum Gasteiger partial charge on any atom is 0.298 e. The number of ether oxygens (including phenoxy) is 1. The minimum Gasteiger partial charge on any atom is -0.423 e. The third-order valence-electron chi connectivity index (χ3n) is 3.52. The Bertz CT molecular complexity index is 559. The number of fused-ring (bicyclic) bond motifs is 1. The number of nitrogen functional groups attached to an aromatic ring is 1. The van der Waals surface area contributed by atoms with Crippen LogP contribution < -0.4 is 10.6 Å².